The first-order valence-corrected chi connectivity index (χ1v) is 9.53. The fraction of sp³-hybridized carbons (Fsp3) is 0.0909. The Bertz CT molecular complexity index is 1290. The molecule has 0 fully saturated rings. The summed E-state index contributed by atoms with van der Waals surface area (Å²) in [6.45, 7) is 2.09. The summed E-state index contributed by atoms with van der Waals surface area (Å²) in [5.41, 5.74) is 3.90. The molecule has 0 atom stereocenters. The predicted octanol–water partition coefficient (Wildman–Crippen LogP) is 5.07. The summed E-state index contributed by atoms with van der Waals surface area (Å²) >= 11 is 1.64. The van der Waals surface area contributed by atoms with Crippen LogP contribution in [0, 0.1) is 6.92 Å². The standard InChI is InChI=1S/C22H16N2O2S/c1-14-6-8-15(9-7-14)10-17-12-24-13-19(23-22(24)27-17)18-11-16-4-2-3-5-20(16)26-21(18)25/h2-9,11-13H,10H2,1H3. The first kappa shape index (κ1) is 16.0. The number of hydrogen-bond acceptors (Lipinski definition) is 4. The predicted molar refractivity (Wildman–Crippen MR) is 109 cm³/mol. The van der Waals surface area contributed by atoms with Gasteiger partial charge < -0.3 is 4.42 Å². The van der Waals surface area contributed by atoms with Crippen LogP contribution in [0.2, 0.25) is 0 Å². The molecule has 0 aliphatic heterocycles. The summed E-state index contributed by atoms with van der Waals surface area (Å²) in [5.74, 6) is 0. The largest absolute Gasteiger partial charge is 0.422 e. The summed E-state index contributed by atoms with van der Waals surface area (Å²) in [5, 5.41) is 0.892. The molecule has 0 unspecified atom stereocenters. The van der Waals surface area contributed by atoms with Crippen LogP contribution in [0.15, 0.2) is 76.2 Å². The van der Waals surface area contributed by atoms with Gasteiger partial charge in [-0.1, -0.05) is 48.0 Å². The van der Waals surface area contributed by atoms with Gasteiger partial charge in [-0.25, -0.2) is 9.78 Å². The Hall–Kier alpha value is -3.18. The second-order valence-electron chi connectivity index (χ2n) is 6.66. The van der Waals surface area contributed by atoms with Crippen molar-refractivity contribution in [3.63, 3.8) is 0 Å². The number of aromatic nitrogens is 2. The van der Waals surface area contributed by atoms with Crippen molar-refractivity contribution in [2.75, 3.05) is 0 Å². The average Bonchev–Trinajstić information content (AvgIpc) is 3.21. The van der Waals surface area contributed by atoms with Gasteiger partial charge in [0.25, 0.3) is 0 Å². The number of benzene rings is 2. The molecule has 4 nitrogen and oxygen atoms in total. The number of nitrogens with zero attached hydrogens (tertiary/aromatic N) is 2. The lowest BCUT2D eigenvalue weighted by atomic mass is 10.1. The molecule has 0 saturated carbocycles. The van der Waals surface area contributed by atoms with E-state index in [0.29, 0.717) is 16.8 Å². The van der Waals surface area contributed by atoms with E-state index in [1.807, 2.05) is 34.9 Å². The van der Waals surface area contributed by atoms with Crippen LogP contribution in [-0.2, 0) is 6.42 Å². The minimum absolute atomic E-state index is 0.362. The van der Waals surface area contributed by atoms with Crippen LogP contribution in [-0.4, -0.2) is 9.38 Å². The zero-order valence-corrected chi connectivity index (χ0v) is 15.5. The Kier molecular flexibility index (Phi) is 3.69. The third kappa shape index (κ3) is 2.96. The Labute approximate surface area is 159 Å². The van der Waals surface area contributed by atoms with Gasteiger partial charge in [0, 0.05) is 29.1 Å². The lowest BCUT2D eigenvalue weighted by Gasteiger charge is -1.99. The molecule has 0 N–H and O–H groups in total. The molecule has 0 aliphatic rings. The van der Waals surface area contributed by atoms with E-state index in [1.54, 1.807) is 17.4 Å². The monoisotopic (exact) mass is 372 g/mol. The van der Waals surface area contributed by atoms with Gasteiger partial charge in [0.05, 0.1) is 11.3 Å². The quantitative estimate of drug-likeness (QED) is 0.416. The molecule has 5 heteroatoms. The van der Waals surface area contributed by atoms with Crippen molar-refractivity contribution in [1.82, 2.24) is 9.38 Å². The fourth-order valence-electron chi connectivity index (χ4n) is 3.20. The highest BCUT2D eigenvalue weighted by Crippen LogP contribution is 2.25. The maximum Gasteiger partial charge on any atom is 0.345 e. The normalized spacial score (nSPS) is 11.4. The molecule has 0 amide bonds. The molecule has 0 radical (unpaired) electrons. The van der Waals surface area contributed by atoms with Crippen molar-refractivity contribution in [2.24, 2.45) is 0 Å². The van der Waals surface area contributed by atoms with Crippen molar-refractivity contribution in [3.8, 4) is 11.3 Å². The van der Waals surface area contributed by atoms with Gasteiger partial charge in [-0.3, -0.25) is 4.40 Å². The number of thiazole rings is 1. The van der Waals surface area contributed by atoms with Gasteiger partial charge in [-0.05, 0) is 24.6 Å². The molecule has 3 aromatic heterocycles. The van der Waals surface area contributed by atoms with Crippen molar-refractivity contribution in [2.45, 2.75) is 13.3 Å². The molecule has 0 bridgehead atoms. The maximum absolute atomic E-state index is 12.4. The summed E-state index contributed by atoms with van der Waals surface area (Å²) in [7, 11) is 0. The lowest BCUT2D eigenvalue weighted by Crippen LogP contribution is -2.02. The van der Waals surface area contributed by atoms with Gasteiger partial charge in [0.2, 0.25) is 0 Å². The second kappa shape index (κ2) is 6.21. The summed E-state index contributed by atoms with van der Waals surface area (Å²) in [6, 6.07) is 17.9. The zero-order chi connectivity index (χ0) is 18.4. The Balaban J connectivity index is 1.51. The second-order valence-corrected chi connectivity index (χ2v) is 7.75. The van der Waals surface area contributed by atoms with E-state index in [4.69, 9.17) is 4.42 Å². The zero-order valence-electron chi connectivity index (χ0n) is 14.7. The third-order valence-electron chi connectivity index (χ3n) is 4.62. The molecule has 0 saturated heterocycles. The Morgan fingerprint density at radius 1 is 1.07 bits per heavy atom. The van der Waals surface area contributed by atoms with E-state index < -0.39 is 0 Å². The summed E-state index contributed by atoms with van der Waals surface area (Å²) in [4.78, 5) is 19.1. The Morgan fingerprint density at radius 3 is 2.70 bits per heavy atom. The molecule has 5 rings (SSSR count). The van der Waals surface area contributed by atoms with Gasteiger partial charge in [0.15, 0.2) is 4.96 Å². The van der Waals surface area contributed by atoms with Crippen LogP contribution in [0.1, 0.15) is 16.0 Å². The van der Waals surface area contributed by atoms with E-state index in [9.17, 15) is 4.79 Å². The van der Waals surface area contributed by atoms with E-state index in [1.165, 1.54) is 16.0 Å². The first-order chi connectivity index (χ1) is 13.2. The Morgan fingerprint density at radius 2 is 1.89 bits per heavy atom. The van der Waals surface area contributed by atoms with Crippen LogP contribution in [0.25, 0.3) is 27.2 Å². The lowest BCUT2D eigenvalue weighted by molar-refractivity contribution is 0.563. The third-order valence-corrected chi connectivity index (χ3v) is 5.62. The van der Waals surface area contributed by atoms with Crippen molar-refractivity contribution < 1.29 is 4.42 Å². The molecule has 132 valence electrons. The molecule has 27 heavy (non-hydrogen) atoms. The van der Waals surface area contributed by atoms with E-state index in [2.05, 4.69) is 42.4 Å². The number of fused-ring (bicyclic) bond motifs is 2. The van der Waals surface area contributed by atoms with Gasteiger partial charge >= 0.3 is 5.63 Å². The smallest absolute Gasteiger partial charge is 0.345 e. The fourth-order valence-corrected chi connectivity index (χ4v) is 4.20. The molecular weight excluding hydrogens is 356 g/mol. The van der Waals surface area contributed by atoms with Crippen LogP contribution in [0.3, 0.4) is 0 Å². The van der Waals surface area contributed by atoms with Crippen molar-refractivity contribution >= 4 is 27.3 Å². The number of para-hydroxylation sites is 1. The van der Waals surface area contributed by atoms with E-state index >= 15 is 0 Å². The summed E-state index contributed by atoms with van der Waals surface area (Å²) in [6.07, 6.45) is 4.85. The van der Waals surface area contributed by atoms with Gasteiger partial charge in [-0.15, -0.1) is 11.3 Å². The van der Waals surface area contributed by atoms with Gasteiger partial charge in [0.1, 0.15) is 5.58 Å². The highest BCUT2D eigenvalue weighted by Gasteiger charge is 2.13. The number of aryl methyl sites for hydroxylation is 1. The molecule has 0 spiro atoms. The average molecular weight is 372 g/mol. The number of hydrogen-bond donors (Lipinski definition) is 0. The van der Waals surface area contributed by atoms with Crippen LogP contribution >= 0.6 is 11.3 Å². The highest BCUT2D eigenvalue weighted by molar-refractivity contribution is 7.17. The SMILES string of the molecule is Cc1ccc(Cc2cn3cc(-c4cc5ccccc5oc4=O)nc3s2)cc1. The van der Waals surface area contributed by atoms with Gasteiger partial charge in [-0.2, -0.15) is 0 Å². The van der Waals surface area contributed by atoms with Crippen LogP contribution in [0.4, 0.5) is 0 Å². The summed E-state index contributed by atoms with van der Waals surface area (Å²) < 4.78 is 7.41. The first-order valence-electron chi connectivity index (χ1n) is 8.72. The highest BCUT2D eigenvalue weighted by atomic mass is 32.1. The maximum atomic E-state index is 12.4. The molecular formula is C22H16N2O2S. The topological polar surface area (TPSA) is 47.5 Å². The van der Waals surface area contributed by atoms with Crippen LogP contribution < -0.4 is 5.63 Å². The van der Waals surface area contributed by atoms with Crippen LogP contribution in [0.5, 0.6) is 0 Å². The van der Waals surface area contributed by atoms with E-state index in [-0.39, 0.29) is 5.63 Å². The minimum Gasteiger partial charge on any atom is -0.422 e. The molecule has 5 aromatic rings. The van der Waals surface area contributed by atoms with E-state index in [0.717, 1.165) is 16.8 Å². The number of rotatable bonds is 3. The molecule has 3 heterocycles. The minimum atomic E-state index is -0.362. The molecule has 2 aromatic carbocycles. The molecule has 0 aliphatic carbocycles. The van der Waals surface area contributed by atoms with Crippen molar-refractivity contribution in [1.29, 1.82) is 0 Å². The number of imidazole rings is 1. The van der Waals surface area contributed by atoms with Crippen molar-refractivity contribution in [3.05, 3.63) is 93.4 Å².